The highest BCUT2D eigenvalue weighted by molar-refractivity contribution is 7.11. The Labute approximate surface area is 170 Å². The van der Waals surface area contributed by atoms with Crippen LogP contribution in [0.1, 0.15) is 56.0 Å². The standard InChI is InChI=1S/C22H27NO4S/c1-5-16-8-6-9-18(14-17(16)10-7-12-26-13-11-24)20-23-19(15-28-20)21(25)27-22(2,3)4/h6,9,14-15,24H,5,8,11-13H2,1-4H3. The largest absolute Gasteiger partial charge is 0.455 e. The number of aliphatic hydroxyl groups excluding tert-OH is 1. The monoisotopic (exact) mass is 401 g/mol. The molecule has 0 saturated heterocycles. The van der Waals surface area contributed by atoms with Crippen molar-refractivity contribution in [3.8, 4) is 11.8 Å². The van der Waals surface area contributed by atoms with Crippen LogP contribution >= 0.6 is 11.3 Å². The number of carbonyl (C=O) groups is 1. The van der Waals surface area contributed by atoms with Gasteiger partial charge in [-0.2, -0.15) is 0 Å². The SMILES string of the molecule is CCC1=C(C#CCOCCO)C=C(c2nc(C(=O)OC(C)(C)C)cs2)C=CC1. The van der Waals surface area contributed by atoms with E-state index >= 15 is 0 Å². The van der Waals surface area contributed by atoms with Crippen molar-refractivity contribution >= 4 is 22.9 Å². The van der Waals surface area contributed by atoms with Gasteiger partial charge in [0.05, 0.1) is 13.2 Å². The molecule has 0 bridgehead atoms. The summed E-state index contributed by atoms with van der Waals surface area (Å²) in [6.07, 6.45) is 7.85. The van der Waals surface area contributed by atoms with Gasteiger partial charge in [-0.25, -0.2) is 9.78 Å². The second-order valence-corrected chi connectivity index (χ2v) is 8.05. The third-order valence-corrected chi connectivity index (χ3v) is 4.65. The highest BCUT2D eigenvalue weighted by Gasteiger charge is 2.21. The number of nitrogens with zero attached hydrogens (tertiary/aromatic N) is 1. The van der Waals surface area contributed by atoms with Crippen molar-refractivity contribution in [1.29, 1.82) is 0 Å². The molecule has 0 saturated carbocycles. The Kier molecular flexibility index (Phi) is 8.18. The van der Waals surface area contributed by atoms with Gasteiger partial charge in [0.25, 0.3) is 0 Å². The minimum absolute atomic E-state index is 0.0113. The van der Waals surface area contributed by atoms with Gasteiger partial charge < -0.3 is 14.6 Å². The van der Waals surface area contributed by atoms with Crippen LogP contribution < -0.4 is 0 Å². The summed E-state index contributed by atoms with van der Waals surface area (Å²) in [7, 11) is 0. The number of ether oxygens (including phenoxy) is 2. The average Bonchev–Trinajstić information content (AvgIpc) is 3.03. The summed E-state index contributed by atoms with van der Waals surface area (Å²) in [5.74, 6) is 5.75. The van der Waals surface area contributed by atoms with E-state index in [1.807, 2.05) is 32.9 Å². The topological polar surface area (TPSA) is 68.7 Å². The molecule has 0 unspecified atom stereocenters. The molecule has 1 aromatic rings. The molecule has 0 aliphatic heterocycles. The number of thiazole rings is 1. The molecule has 1 aliphatic rings. The molecule has 5 nitrogen and oxygen atoms in total. The van der Waals surface area contributed by atoms with E-state index in [1.54, 1.807) is 5.38 Å². The molecule has 1 aromatic heterocycles. The van der Waals surface area contributed by atoms with Crippen molar-refractivity contribution in [1.82, 2.24) is 4.98 Å². The zero-order valence-electron chi connectivity index (χ0n) is 16.9. The van der Waals surface area contributed by atoms with Gasteiger partial charge in [-0.3, -0.25) is 0 Å². The first-order chi connectivity index (χ1) is 13.3. The molecule has 0 radical (unpaired) electrons. The van der Waals surface area contributed by atoms with E-state index in [0.717, 1.165) is 29.0 Å². The predicted molar refractivity (Wildman–Crippen MR) is 112 cm³/mol. The number of carbonyl (C=O) groups excluding carboxylic acids is 1. The summed E-state index contributed by atoms with van der Waals surface area (Å²) in [5.41, 5.74) is 2.87. The van der Waals surface area contributed by atoms with Crippen LogP contribution in [0.4, 0.5) is 0 Å². The number of hydrogen-bond donors (Lipinski definition) is 1. The number of aliphatic hydroxyl groups is 1. The molecular weight excluding hydrogens is 374 g/mol. The second kappa shape index (κ2) is 10.4. The molecule has 0 aromatic carbocycles. The highest BCUT2D eigenvalue weighted by Crippen LogP contribution is 2.28. The Morgan fingerprint density at radius 3 is 2.86 bits per heavy atom. The van der Waals surface area contributed by atoms with Crippen LogP contribution in [0.15, 0.2) is 34.8 Å². The van der Waals surface area contributed by atoms with Gasteiger partial charge in [-0.15, -0.1) is 11.3 Å². The Balaban J connectivity index is 2.24. The van der Waals surface area contributed by atoms with E-state index in [4.69, 9.17) is 14.6 Å². The first kappa shape index (κ1) is 22.1. The fourth-order valence-corrected chi connectivity index (χ4v) is 3.27. The van der Waals surface area contributed by atoms with Gasteiger partial charge in [0.2, 0.25) is 0 Å². The molecule has 150 valence electrons. The second-order valence-electron chi connectivity index (χ2n) is 7.19. The van der Waals surface area contributed by atoms with E-state index < -0.39 is 11.6 Å². The van der Waals surface area contributed by atoms with E-state index in [2.05, 4.69) is 29.8 Å². The summed E-state index contributed by atoms with van der Waals surface area (Å²) in [5, 5.41) is 11.2. The predicted octanol–water partition coefficient (Wildman–Crippen LogP) is 4.16. The molecule has 0 fully saturated rings. The molecule has 28 heavy (non-hydrogen) atoms. The first-order valence-electron chi connectivity index (χ1n) is 9.31. The highest BCUT2D eigenvalue weighted by atomic mass is 32.1. The van der Waals surface area contributed by atoms with Crippen LogP contribution in [0.25, 0.3) is 5.57 Å². The molecule has 6 heteroatoms. The molecule has 1 N–H and O–H groups in total. The van der Waals surface area contributed by atoms with Crippen LogP contribution in [0.5, 0.6) is 0 Å². The molecule has 0 amide bonds. The van der Waals surface area contributed by atoms with Gasteiger partial charge in [0, 0.05) is 16.5 Å². The van der Waals surface area contributed by atoms with Crippen molar-refractivity contribution in [2.75, 3.05) is 19.8 Å². The molecule has 2 rings (SSSR count). The number of hydrogen-bond acceptors (Lipinski definition) is 6. The maximum atomic E-state index is 12.2. The quantitative estimate of drug-likeness (QED) is 0.440. The maximum Gasteiger partial charge on any atom is 0.358 e. The van der Waals surface area contributed by atoms with Gasteiger partial charge >= 0.3 is 5.97 Å². The molecule has 0 atom stereocenters. The fourth-order valence-electron chi connectivity index (χ4n) is 2.49. The molecule has 0 spiro atoms. The van der Waals surface area contributed by atoms with Crippen LogP contribution in [0, 0.1) is 11.8 Å². The third-order valence-electron chi connectivity index (χ3n) is 3.76. The van der Waals surface area contributed by atoms with Gasteiger partial charge in [-0.05, 0) is 39.7 Å². The number of esters is 1. The minimum Gasteiger partial charge on any atom is -0.455 e. The number of allylic oxidation sites excluding steroid dienone is 6. The Hall–Kier alpha value is -2.20. The van der Waals surface area contributed by atoms with Gasteiger partial charge in [0.15, 0.2) is 5.69 Å². The van der Waals surface area contributed by atoms with Gasteiger partial charge in [-0.1, -0.05) is 36.5 Å². The smallest absolute Gasteiger partial charge is 0.358 e. The van der Waals surface area contributed by atoms with E-state index in [-0.39, 0.29) is 19.8 Å². The summed E-state index contributed by atoms with van der Waals surface area (Å²) in [4.78, 5) is 16.7. The summed E-state index contributed by atoms with van der Waals surface area (Å²) >= 11 is 1.41. The van der Waals surface area contributed by atoms with Crippen LogP contribution in [-0.2, 0) is 9.47 Å². The van der Waals surface area contributed by atoms with Crippen molar-refractivity contribution in [3.63, 3.8) is 0 Å². The zero-order valence-corrected chi connectivity index (χ0v) is 17.7. The number of aromatic nitrogens is 1. The Morgan fingerprint density at radius 2 is 2.18 bits per heavy atom. The lowest BCUT2D eigenvalue weighted by Gasteiger charge is -2.18. The lowest BCUT2D eigenvalue weighted by atomic mass is 10.0. The Bertz CT molecular complexity index is 844. The van der Waals surface area contributed by atoms with Crippen LogP contribution in [0.3, 0.4) is 0 Å². The minimum atomic E-state index is -0.554. The summed E-state index contributed by atoms with van der Waals surface area (Å²) in [6, 6.07) is 0. The maximum absolute atomic E-state index is 12.2. The normalized spacial score (nSPS) is 14.2. The van der Waals surface area contributed by atoms with E-state index in [0.29, 0.717) is 5.69 Å². The van der Waals surface area contributed by atoms with Crippen molar-refractivity contribution < 1.29 is 19.4 Å². The van der Waals surface area contributed by atoms with E-state index in [9.17, 15) is 4.79 Å². The average molecular weight is 402 g/mol. The lowest BCUT2D eigenvalue weighted by molar-refractivity contribution is 0.00636. The van der Waals surface area contributed by atoms with Crippen molar-refractivity contribution in [2.45, 2.75) is 46.1 Å². The number of rotatable bonds is 6. The molecule has 1 heterocycles. The van der Waals surface area contributed by atoms with E-state index in [1.165, 1.54) is 16.9 Å². The molecular formula is C22H27NO4S. The summed E-state index contributed by atoms with van der Waals surface area (Å²) in [6.45, 7) is 8.16. The molecule has 1 aliphatic carbocycles. The van der Waals surface area contributed by atoms with Crippen LogP contribution in [0.2, 0.25) is 0 Å². The summed E-state index contributed by atoms with van der Waals surface area (Å²) < 4.78 is 10.6. The van der Waals surface area contributed by atoms with Gasteiger partial charge in [0.1, 0.15) is 17.2 Å². The Morgan fingerprint density at radius 1 is 1.39 bits per heavy atom. The third kappa shape index (κ3) is 6.75. The first-order valence-corrected chi connectivity index (χ1v) is 10.2. The van der Waals surface area contributed by atoms with Crippen molar-refractivity contribution in [3.05, 3.63) is 45.5 Å². The fraction of sp³-hybridized carbons (Fsp3) is 0.455. The van der Waals surface area contributed by atoms with Crippen molar-refractivity contribution in [2.24, 2.45) is 0 Å². The lowest BCUT2D eigenvalue weighted by Crippen LogP contribution is -2.24. The van der Waals surface area contributed by atoms with Crippen LogP contribution in [-0.4, -0.2) is 41.5 Å². The zero-order chi connectivity index (χ0) is 20.6.